The number of aromatic nitrogens is 3. The number of aryl methyl sites for hydroxylation is 1. The van der Waals surface area contributed by atoms with E-state index in [0.29, 0.717) is 24.7 Å². The van der Waals surface area contributed by atoms with Gasteiger partial charge in [0.05, 0.1) is 5.56 Å². The van der Waals surface area contributed by atoms with Gasteiger partial charge in [-0.1, -0.05) is 0 Å². The quantitative estimate of drug-likeness (QED) is 0.805. The highest BCUT2D eigenvalue weighted by Gasteiger charge is 2.07. The van der Waals surface area contributed by atoms with E-state index in [1.54, 1.807) is 6.20 Å². The van der Waals surface area contributed by atoms with Crippen LogP contribution in [-0.2, 0) is 6.42 Å². The van der Waals surface area contributed by atoms with Gasteiger partial charge in [0, 0.05) is 24.9 Å². The van der Waals surface area contributed by atoms with E-state index in [2.05, 4.69) is 15.2 Å². The molecule has 0 amide bonds. The van der Waals surface area contributed by atoms with Gasteiger partial charge >= 0.3 is 0 Å². The average molecular weight is 204 g/mol. The number of rotatable bonds is 3. The molecule has 2 rings (SSSR count). The van der Waals surface area contributed by atoms with Gasteiger partial charge in [-0.3, -0.25) is 4.98 Å². The topological polar surface area (TPSA) is 77.8 Å². The third kappa shape index (κ3) is 2.19. The van der Waals surface area contributed by atoms with Crippen LogP contribution in [0.5, 0.6) is 0 Å². The summed E-state index contributed by atoms with van der Waals surface area (Å²) in [4.78, 5) is 4.16. The molecule has 0 aromatic carbocycles. The summed E-state index contributed by atoms with van der Waals surface area (Å²) in [6, 6.07) is 3.81. The second-order valence-electron chi connectivity index (χ2n) is 3.23. The molecule has 2 aromatic rings. The molecule has 5 heteroatoms. The second kappa shape index (κ2) is 4.18. The smallest absolute Gasteiger partial charge is 0.249 e. The van der Waals surface area contributed by atoms with Crippen molar-refractivity contribution in [3.05, 3.63) is 29.9 Å². The Morgan fingerprint density at radius 2 is 2.20 bits per heavy atom. The van der Waals surface area contributed by atoms with Crippen molar-refractivity contribution >= 4 is 0 Å². The normalized spacial score (nSPS) is 10.5. The standard InChI is InChI=1S/C10H12N4O/c1-7-2-3-8(6-12-7)10-14-13-9(15-10)4-5-11/h2-3,6H,4-5,11H2,1H3. The van der Waals surface area contributed by atoms with Crippen LogP contribution in [0.2, 0.25) is 0 Å². The minimum absolute atomic E-state index is 0.492. The summed E-state index contributed by atoms with van der Waals surface area (Å²) >= 11 is 0. The fraction of sp³-hybridized carbons (Fsp3) is 0.300. The Morgan fingerprint density at radius 1 is 1.33 bits per heavy atom. The van der Waals surface area contributed by atoms with Crippen LogP contribution >= 0.6 is 0 Å². The largest absolute Gasteiger partial charge is 0.421 e. The Kier molecular flexibility index (Phi) is 2.73. The van der Waals surface area contributed by atoms with Crippen molar-refractivity contribution in [1.29, 1.82) is 0 Å². The fourth-order valence-electron chi connectivity index (χ4n) is 1.19. The van der Waals surface area contributed by atoms with Crippen molar-refractivity contribution in [2.24, 2.45) is 5.73 Å². The summed E-state index contributed by atoms with van der Waals surface area (Å²) in [7, 11) is 0. The van der Waals surface area contributed by atoms with E-state index < -0.39 is 0 Å². The van der Waals surface area contributed by atoms with Gasteiger partial charge in [-0.25, -0.2) is 0 Å². The Balaban J connectivity index is 2.25. The first kappa shape index (κ1) is 9.79. The molecule has 0 bridgehead atoms. The molecule has 0 radical (unpaired) electrons. The van der Waals surface area contributed by atoms with E-state index in [1.165, 1.54) is 0 Å². The van der Waals surface area contributed by atoms with Crippen molar-refractivity contribution in [3.63, 3.8) is 0 Å². The van der Waals surface area contributed by atoms with Crippen molar-refractivity contribution in [2.75, 3.05) is 6.54 Å². The minimum atomic E-state index is 0.492. The summed E-state index contributed by atoms with van der Waals surface area (Å²) in [6.07, 6.45) is 2.32. The Bertz CT molecular complexity index is 435. The lowest BCUT2D eigenvalue weighted by molar-refractivity contribution is 0.507. The second-order valence-corrected chi connectivity index (χ2v) is 3.23. The lowest BCUT2D eigenvalue weighted by Crippen LogP contribution is -2.02. The van der Waals surface area contributed by atoms with Gasteiger partial charge in [0.2, 0.25) is 11.8 Å². The lowest BCUT2D eigenvalue weighted by atomic mass is 10.2. The van der Waals surface area contributed by atoms with Crippen LogP contribution < -0.4 is 5.73 Å². The van der Waals surface area contributed by atoms with Crippen LogP contribution in [0, 0.1) is 6.92 Å². The molecule has 78 valence electrons. The maximum Gasteiger partial charge on any atom is 0.249 e. The van der Waals surface area contributed by atoms with E-state index in [0.717, 1.165) is 11.3 Å². The molecule has 15 heavy (non-hydrogen) atoms. The number of nitrogens with two attached hydrogens (primary N) is 1. The van der Waals surface area contributed by atoms with Crippen molar-refractivity contribution < 1.29 is 4.42 Å². The summed E-state index contributed by atoms with van der Waals surface area (Å²) in [5, 5.41) is 7.80. The van der Waals surface area contributed by atoms with Crippen molar-refractivity contribution in [2.45, 2.75) is 13.3 Å². The molecule has 2 heterocycles. The fourth-order valence-corrected chi connectivity index (χ4v) is 1.19. The summed E-state index contributed by atoms with van der Waals surface area (Å²) in [6.45, 7) is 2.44. The molecule has 0 aliphatic carbocycles. The third-order valence-electron chi connectivity index (χ3n) is 1.98. The van der Waals surface area contributed by atoms with E-state index in [1.807, 2.05) is 19.1 Å². The molecule has 0 saturated heterocycles. The predicted molar refractivity (Wildman–Crippen MR) is 55.0 cm³/mol. The zero-order chi connectivity index (χ0) is 10.7. The third-order valence-corrected chi connectivity index (χ3v) is 1.98. The molecule has 0 unspecified atom stereocenters. The Hall–Kier alpha value is -1.75. The first-order chi connectivity index (χ1) is 7.29. The van der Waals surface area contributed by atoms with Gasteiger partial charge in [0.1, 0.15) is 0 Å². The molecule has 0 atom stereocenters. The van der Waals surface area contributed by atoms with E-state index in [4.69, 9.17) is 10.2 Å². The lowest BCUT2D eigenvalue weighted by Gasteiger charge is -1.94. The van der Waals surface area contributed by atoms with Crippen LogP contribution in [-0.4, -0.2) is 21.7 Å². The molecule has 0 aliphatic heterocycles. The van der Waals surface area contributed by atoms with Gasteiger partial charge in [0.15, 0.2) is 0 Å². The molecule has 2 N–H and O–H groups in total. The van der Waals surface area contributed by atoms with E-state index in [9.17, 15) is 0 Å². The van der Waals surface area contributed by atoms with Gasteiger partial charge in [-0.15, -0.1) is 10.2 Å². The van der Waals surface area contributed by atoms with Crippen molar-refractivity contribution in [3.8, 4) is 11.5 Å². The molecular formula is C10H12N4O. The first-order valence-corrected chi connectivity index (χ1v) is 4.75. The number of hydrogen-bond donors (Lipinski definition) is 1. The van der Waals surface area contributed by atoms with Gasteiger partial charge in [-0.2, -0.15) is 0 Å². The molecule has 0 saturated carbocycles. The maximum atomic E-state index is 5.41. The average Bonchev–Trinajstić information content (AvgIpc) is 2.68. The highest BCUT2D eigenvalue weighted by Crippen LogP contribution is 2.16. The molecule has 2 aromatic heterocycles. The zero-order valence-electron chi connectivity index (χ0n) is 8.47. The predicted octanol–water partition coefficient (Wildman–Crippen LogP) is 0.941. The van der Waals surface area contributed by atoms with Crippen LogP contribution in [0.25, 0.3) is 11.5 Å². The van der Waals surface area contributed by atoms with E-state index >= 15 is 0 Å². The highest BCUT2D eigenvalue weighted by atomic mass is 16.4. The number of pyridine rings is 1. The highest BCUT2D eigenvalue weighted by molar-refractivity contribution is 5.50. The maximum absolute atomic E-state index is 5.41. The molecular weight excluding hydrogens is 192 g/mol. The van der Waals surface area contributed by atoms with Crippen LogP contribution in [0.15, 0.2) is 22.7 Å². The van der Waals surface area contributed by atoms with Crippen LogP contribution in [0.4, 0.5) is 0 Å². The van der Waals surface area contributed by atoms with E-state index in [-0.39, 0.29) is 0 Å². The molecule has 0 fully saturated rings. The zero-order valence-corrected chi connectivity index (χ0v) is 8.47. The van der Waals surface area contributed by atoms with Gasteiger partial charge < -0.3 is 10.2 Å². The Labute approximate surface area is 87.3 Å². The SMILES string of the molecule is Cc1ccc(-c2nnc(CCN)o2)cn1. The minimum Gasteiger partial charge on any atom is -0.421 e. The van der Waals surface area contributed by atoms with Crippen LogP contribution in [0.1, 0.15) is 11.6 Å². The summed E-state index contributed by atoms with van der Waals surface area (Å²) in [5.74, 6) is 1.05. The first-order valence-electron chi connectivity index (χ1n) is 4.75. The number of nitrogens with zero attached hydrogens (tertiary/aromatic N) is 3. The molecule has 5 nitrogen and oxygen atoms in total. The summed E-state index contributed by atoms with van der Waals surface area (Å²) < 4.78 is 5.41. The van der Waals surface area contributed by atoms with Crippen LogP contribution in [0.3, 0.4) is 0 Å². The summed E-state index contributed by atoms with van der Waals surface area (Å²) in [5.41, 5.74) is 7.18. The van der Waals surface area contributed by atoms with Gasteiger partial charge in [-0.05, 0) is 19.1 Å². The molecule has 0 spiro atoms. The molecule has 0 aliphatic rings. The monoisotopic (exact) mass is 204 g/mol. The Morgan fingerprint density at radius 3 is 2.87 bits per heavy atom. The van der Waals surface area contributed by atoms with Gasteiger partial charge in [0.25, 0.3) is 0 Å². The number of hydrogen-bond acceptors (Lipinski definition) is 5. The van der Waals surface area contributed by atoms with Crippen molar-refractivity contribution in [1.82, 2.24) is 15.2 Å².